The number of nitrogens with zero attached hydrogens (tertiary/aromatic N) is 2. The molecule has 3 aromatic carbocycles. The van der Waals surface area contributed by atoms with E-state index in [9.17, 15) is 4.79 Å². The predicted octanol–water partition coefficient (Wildman–Crippen LogP) is 4.88. The van der Waals surface area contributed by atoms with Crippen LogP contribution in [0, 0.1) is 0 Å². The average Bonchev–Trinajstić information content (AvgIpc) is 2.61. The molecule has 0 fully saturated rings. The fraction of sp³-hybridized carbons (Fsp3) is 0.143. The fourth-order valence-electron chi connectivity index (χ4n) is 2.55. The SMILES string of the molecule is CN(C)c1ccc(N=CCC(=O)c2ccc3ccccc3c2)cc1. The summed E-state index contributed by atoms with van der Waals surface area (Å²) in [5.74, 6) is 0.0782. The largest absolute Gasteiger partial charge is 0.378 e. The maximum absolute atomic E-state index is 12.3. The van der Waals surface area contributed by atoms with Gasteiger partial charge in [-0.05, 0) is 41.1 Å². The Balaban J connectivity index is 1.67. The first-order valence-corrected chi connectivity index (χ1v) is 7.95. The van der Waals surface area contributed by atoms with E-state index in [-0.39, 0.29) is 5.78 Å². The summed E-state index contributed by atoms with van der Waals surface area (Å²) < 4.78 is 0. The van der Waals surface area contributed by atoms with Crippen LogP contribution in [0.1, 0.15) is 16.8 Å². The van der Waals surface area contributed by atoms with E-state index in [0.717, 1.165) is 27.7 Å². The first-order chi connectivity index (χ1) is 11.6. The number of anilines is 1. The highest BCUT2D eigenvalue weighted by molar-refractivity contribution is 6.05. The minimum absolute atomic E-state index is 0.0782. The molecule has 3 heteroatoms. The van der Waals surface area contributed by atoms with Gasteiger partial charge in [0.05, 0.1) is 5.69 Å². The Labute approximate surface area is 142 Å². The average molecular weight is 316 g/mol. The van der Waals surface area contributed by atoms with Crippen LogP contribution < -0.4 is 4.90 Å². The number of hydrogen-bond acceptors (Lipinski definition) is 3. The second kappa shape index (κ2) is 7.09. The molecule has 0 saturated heterocycles. The van der Waals surface area contributed by atoms with Gasteiger partial charge in [-0.25, -0.2) is 0 Å². The molecular formula is C21H20N2O. The number of carbonyl (C=O) groups is 1. The van der Waals surface area contributed by atoms with Crippen molar-refractivity contribution in [2.24, 2.45) is 4.99 Å². The number of fused-ring (bicyclic) bond motifs is 1. The number of ketones is 1. The van der Waals surface area contributed by atoms with Gasteiger partial charge in [0.15, 0.2) is 5.78 Å². The van der Waals surface area contributed by atoms with Gasteiger partial charge in [-0.15, -0.1) is 0 Å². The van der Waals surface area contributed by atoms with Crippen LogP contribution in [0.4, 0.5) is 11.4 Å². The predicted molar refractivity (Wildman–Crippen MR) is 102 cm³/mol. The molecule has 0 N–H and O–H groups in total. The Morgan fingerprint density at radius 3 is 2.38 bits per heavy atom. The maximum Gasteiger partial charge on any atom is 0.168 e. The molecule has 0 spiro atoms. The van der Waals surface area contributed by atoms with Crippen molar-refractivity contribution in [2.45, 2.75) is 6.42 Å². The topological polar surface area (TPSA) is 32.7 Å². The second-order valence-corrected chi connectivity index (χ2v) is 5.91. The summed E-state index contributed by atoms with van der Waals surface area (Å²) in [5, 5.41) is 2.23. The van der Waals surface area contributed by atoms with Gasteiger partial charge in [0, 0.05) is 38.0 Å². The summed E-state index contributed by atoms with van der Waals surface area (Å²) >= 11 is 0. The van der Waals surface area contributed by atoms with Crippen molar-refractivity contribution in [3.63, 3.8) is 0 Å². The number of benzene rings is 3. The third-order valence-electron chi connectivity index (χ3n) is 3.95. The fourth-order valence-corrected chi connectivity index (χ4v) is 2.55. The minimum atomic E-state index is 0.0782. The zero-order valence-corrected chi connectivity index (χ0v) is 13.9. The van der Waals surface area contributed by atoms with Crippen molar-refractivity contribution in [3.05, 3.63) is 72.3 Å². The molecule has 0 heterocycles. The summed E-state index contributed by atoms with van der Waals surface area (Å²) in [4.78, 5) is 18.7. The van der Waals surface area contributed by atoms with E-state index in [1.807, 2.05) is 85.7 Å². The number of aliphatic imine (C=N–C) groups is 1. The molecule has 3 nitrogen and oxygen atoms in total. The molecule has 0 aliphatic rings. The Hall–Kier alpha value is -2.94. The third kappa shape index (κ3) is 3.69. The highest BCUT2D eigenvalue weighted by atomic mass is 16.1. The molecule has 3 aromatic rings. The van der Waals surface area contributed by atoms with Gasteiger partial charge in [0.2, 0.25) is 0 Å². The smallest absolute Gasteiger partial charge is 0.168 e. The number of rotatable bonds is 5. The lowest BCUT2D eigenvalue weighted by molar-refractivity contribution is 0.100. The van der Waals surface area contributed by atoms with Crippen molar-refractivity contribution in [3.8, 4) is 0 Å². The van der Waals surface area contributed by atoms with Crippen LogP contribution in [0.25, 0.3) is 10.8 Å². The van der Waals surface area contributed by atoms with Crippen molar-refractivity contribution in [1.82, 2.24) is 0 Å². The molecule has 0 aliphatic heterocycles. The molecule has 0 amide bonds. The normalized spacial score (nSPS) is 11.1. The Morgan fingerprint density at radius 1 is 0.958 bits per heavy atom. The summed E-state index contributed by atoms with van der Waals surface area (Å²) in [5.41, 5.74) is 2.70. The summed E-state index contributed by atoms with van der Waals surface area (Å²) in [6.45, 7) is 0. The van der Waals surface area contributed by atoms with Crippen molar-refractivity contribution >= 4 is 34.1 Å². The molecule has 0 aromatic heterocycles. The second-order valence-electron chi connectivity index (χ2n) is 5.91. The van der Waals surface area contributed by atoms with Crippen LogP contribution in [0.5, 0.6) is 0 Å². The third-order valence-corrected chi connectivity index (χ3v) is 3.95. The van der Waals surface area contributed by atoms with Gasteiger partial charge < -0.3 is 4.90 Å². The maximum atomic E-state index is 12.3. The number of carbonyl (C=O) groups excluding carboxylic acids is 1. The van der Waals surface area contributed by atoms with Crippen LogP contribution in [-0.2, 0) is 0 Å². The summed E-state index contributed by atoms with van der Waals surface area (Å²) in [7, 11) is 4.00. The molecule has 0 aliphatic carbocycles. The Kier molecular flexibility index (Phi) is 4.71. The molecule has 24 heavy (non-hydrogen) atoms. The highest BCUT2D eigenvalue weighted by Gasteiger charge is 2.05. The minimum Gasteiger partial charge on any atom is -0.378 e. The first-order valence-electron chi connectivity index (χ1n) is 7.95. The quantitative estimate of drug-likeness (QED) is 0.496. The monoisotopic (exact) mass is 316 g/mol. The van der Waals surface area contributed by atoms with Crippen molar-refractivity contribution < 1.29 is 4.79 Å². The van der Waals surface area contributed by atoms with E-state index >= 15 is 0 Å². The zero-order chi connectivity index (χ0) is 16.9. The van der Waals surface area contributed by atoms with Gasteiger partial charge in [0.25, 0.3) is 0 Å². The zero-order valence-electron chi connectivity index (χ0n) is 13.9. The molecule has 0 saturated carbocycles. The first kappa shape index (κ1) is 15.9. The Morgan fingerprint density at radius 2 is 1.67 bits per heavy atom. The van der Waals surface area contributed by atoms with Gasteiger partial charge >= 0.3 is 0 Å². The highest BCUT2D eigenvalue weighted by Crippen LogP contribution is 2.19. The van der Waals surface area contributed by atoms with E-state index in [2.05, 4.69) is 4.99 Å². The van der Waals surface area contributed by atoms with E-state index < -0.39 is 0 Å². The lowest BCUT2D eigenvalue weighted by atomic mass is 10.0. The van der Waals surface area contributed by atoms with Crippen LogP contribution in [0.2, 0.25) is 0 Å². The summed E-state index contributed by atoms with van der Waals surface area (Å²) in [6.07, 6.45) is 1.98. The Bertz CT molecular complexity index is 880. The summed E-state index contributed by atoms with van der Waals surface area (Å²) in [6, 6.07) is 21.8. The molecule has 3 rings (SSSR count). The van der Waals surface area contributed by atoms with E-state index in [0.29, 0.717) is 6.42 Å². The number of Topliss-reactive ketones (excluding diaryl/α,β-unsaturated/α-hetero) is 1. The van der Waals surface area contributed by atoms with Crippen LogP contribution in [0.3, 0.4) is 0 Å². The molecule has 0 bridgehead atoms. The standard InChI is InChI=1S/C21H20N2O/c1-23(2)20-11-9-19(10-12-20)22-14-13-21(24)18-8-7-16-5-3-4-6-17(16)15-18/h3-12,14-15H,13H2,1-2H3. The van der Waals surface area contributed by atoms with Crippen LogP contribution in [-0.4, -0.2) is 26.1 Å². The van der Waals surface area contributed by atoms with E-state index in [1.165, 1.54) is 0 Å². The van der Waals surface area contributed by atoms with Crippen molar-refractivity contribution in [2.75, 3.05) is 19.0 Å². The van der Waals surface area contributed by atoms with Gasteiger partial charge in [0.1, 0.15) is 0 Å². The lowest BCUT2D eigenvalue weighted by Crippen LogP contribution is -2.07. The van der Waals surface area contributed by atoms with Gasteiger partial charge in [-0.2, -0.15) is 0 Å². The molecular weight excluding hydrogens is 296 g/mol. The molecule has 120 valence electrons. The van der Waals surface area contributed by atoms with E-state index in [1.54, 1.807) is 6.21 Å². The molecule has 0 radical (unpaired) electrons. The van der Waals surface area contributed by atoms with Gasteiger partial charge in [-0.1, -0.05) is 36.4 Å². The lowest BCUT2D eigenvalue weighted by Gasteiger charge is -2.11. The van der Waals surface area contributed by atoms with Crippen molar-refractivity contribution in [1.29, 1.82) is 0 Å². The number of hydrogen-bond donors (Lipinski definition) is 0. The van der Waals surface area contributed by atoms with Crippen LogP contribution in [0.15, 0.2) is 71.7 Å². The van der Waals surface area contributed by atoms with Gasteiger partial charge in [-0.3, -0.25) is 9.79 Å². The van der Waals surface area contributed by atoms with Crippen LogP contribution >= 0.6 is 0 Å². The van der Waals surface area contributed by atoms with E-state index in [4.69, 9.17) is 0 Å². The molecule has 0 atom stereocenters. The molecule has 0 unspecified atom stereocenters.